The van der Waals surface area contributed by atoms with E-state index in [9.17, 15) is 14.4 Å². The minimum absolute atomic E-state index is 0.0780. The highest BCUT2D eigenvalue weighted by Crippen LogP contribution is 2.31. The average Bonchev–Trinajstić information content (AvgIpc) is 3.65. The second-order valence-corrected chi connectivity index (χ2v) is 11.7. The van der Waals surface area contributed by atoms with Crippen LogP contribution in [-0.2, 0) is 45.1 Å². The summed E-state index contributed by atoms with van der Waals surface area (Å²) in [6.45, 7) is 0.986. The maximum absolute atomic E-state index is 13.5. The lowest BCUT2D eigenvalue weighted by Crippen LogP contribution is -2.49. The van der Waals surface area contributed by atoms with Crippen LogP contribution in [-0.4, -0.2) is 51.3 Å². The van der Waals surface area contributed by atoms with E-state index < -0.39 is 18.1 Å². The summed E-state index contributed by atoms with van der Waals surface area (Å²) >= 11 is 0. The molecule has 5 N–H and O–H groups in total. The summed E-state index contributed by atoms with van der Waals surface area (Å²) in [7, 11) is 0. The summed E-state index contributed by atoms with van der Waals surface area (Å²) < 4.78 is 5.71. The molecule has 0 saturated heterocycles. The summed E-state index contributed by atoms with van der Waals surface area (Å²) in [5.74, 6) is -0.656. The van der Waals surface area contributed by atoms with Gasteiger partial charge in [0.05, 0.1) is 12.6 Å². The maximum atomic E-state index is 13.5. The maximum Gasteiger partial charge on any atom is 0.329 e. The summed E-state index contributed by atoms with van der Waals surface area (Å²) in [6.07, 6.45) is 5.22. The molecule has 3 aromatic carbocycles. The van der Waals surface area contributed by atoms with Gasteiger partial charge in [0.15, 0.2) is 0 Å². The van der Waals surface area contributed by atoms with Gasteiger partial charge in [0.2, 0.25) is 11.8 Å². The van der Waals surface area contributed by atoms with Gasteiger partial charge in [-0.2, -0.15) is 0 Å². The number of fused-ring (bicyclic) bond motifs is 4. The number of esters is 1. The Morgan fingerprint density at radius 3 is 2.47 bits per heavy atom. The molecule has 0 aliphatic carbocycles. The molecule has 2 atom stereocenters. The van der Waals surface area contributed by atoms with Gasteiger partial charge < -0.3 is 30.7 Å². The summed E-state index contributed by atoms with van der Waals surface area (Å²) in [4.78, 5) is 47.8. The number of hydrogen-bond acceptors (Lipinski definition) is 5. The van der Waals surface area contributed by atoms with Crippen LogP contribution in [0.25, 0.3) is 21.8 Å². The Kier molecular flexibility index (Phi) is 9.26. The van der Waals surface area contributed by atoms with Crippen molar-refractivity contribution in [3.63, 3.8) is 0 Å². The molecule has 9 nitrogen and oxygen atoms in total. The van der Waals surface area contributed by atoms with E-state index in [4.69, 9.17) is 10.5 Å². The first-order valence-corrected chi connectivity index (χ1v) is 15.6. The number of carbonyl (C=O) groups is 3. The van der Waals surface area contributed by atoms with Gasteiger partial charge in [-0.05, 0) is 48.1 Å². The highest BCUT2D eigenvalue weighted by Gasteiger charge is 2.37. The van der Waals surface area contributed by atoms with Gasteiger partial charge in [-0.3, -0.25) is 9.59 Å². The van der Waals surface area contributed by atoms with Crippen LogP contribution >= 0.6 is 0 Å². The molecule has 0 unspecified atom stereocenters. The number of H-pyrrole nitrogens is 2. The van der Waals surface area contributed by atoms with Crippen molar-refractivity contribution >= 4 is 39.6 Å². The van der Waals surface area contributed by atoms with Gasteiger partial charge in [0.1, 0.15) is 12.6 Å². The molecule has 0 radical (unpaired) electrons. The minimum atomic E-state index is -0.689. The Bertz CT molecular complexity index is 1790. The first-order chi connectivity index (χ1) is 22.0. The number of aromatic nitrogens is 2. The predicted octanol–water partition coefficient (Wildman–Crippen LogP) is 4.89. The van der Waals surface area contributed by atoms with Crippen LogP contribution in [0.1, 0.15) is 48.1 Å². The van der Waals surface area contributed by atoms with Crippen molar-refractivity contribution in [2.45, 2.75) is 63.8 Å². The molecule has 9 heteroatoms. The third kappa shape index (κ3) is 6.94. The van der Waals surface area contributed by atoms with E-state index in [1.807, 2.05) is 85.1 Å². The quantitative estimate of drug-likeness (QED) is 0.119. The van der Waals surface area contributed by atoms with Gasteiger partial charge in [-0.25, -0.2) is 4.79 Å². The SMILES string of the molecule is N[C@@H](Cc1c[nH]c2ccccc12)C(=O)NCCCCCC(=O)N1Cc2[nH]c3ccccc3c2C[C@H]1C(=O)OCc1ccccc1. The number of unbranched alkanes of at least 4 members (excludes halogenated alkanes) is 2. The molecule has 0 bridgehead atoms. The van der Waals surface area contributed by atoms with Crippen LogP contribution < -0.4 is 11.1 Å². The number of nitrogens with zero attached hydrogens (tertiary/aromatic N) is 1. The number of para-hydroxylation sites is 2. The Balaban J connectivity index is 0.999. The fourth-order valence-corrected chi connectivity index (χ4v) is 6.20. The molecule has 5 aromatic rings. The standard InChI is InChI=1S/C36H39N5O4/c37-29(19-25-21-39-30-15-8-6-13-26(25)30)35(43)38-18-10-2-5-17-34(42)41-22-32-28(27-14-7-9-16-31(27)40-32)20-33(41)36(44)45-23-24-11-3-1-4-12-24/h1,3-4,6-9,11-16,21,29,33,39-40H,2,5,10,17-20,22-23,37H2,(H,38,43)/t29-,33-/m0/s1. The number of rotatable bonds is 12. The molecule has 0 saturated carbocycles. The highest BCUT2D eigenvalue weighted by atomic mass is 16.5. The number of hydrogen-bond donors (Lipinski definition) is 4. The van der Waals surface area contributed by atoms with Gasteiger partial charge in [-0.15, -0.1) is 0 Å². The predicted molar refractivity (Wildman–Crippen MR) is 174 cm³/mol. The topological polar surface area (TPSA) is 133 Å². The first-order valence-electron chi connectivity index (χ1n) is 15.6. The number of benzene rings is 3. The normalized spacial score (nSPS) is 15.1. The zero-order valence-electron chi connectivity index (χ0n) is 25.3. The van der Waals surface area contributed by atoms with E-state index >= 15 is 0 Å². The Morgan fingerprint density at radius 1 is 0.911 bits per heavy atom. The Labute approximate surface area is 262 Å². The number of nitrogens with two attached hydrogens (primary N) is 1. The second kappa shape index (κ2) is 13.8. The van der Waals surface area contributed by atoms with Crippen molar-refractivity contribution in [2.75, 3.05) is 6.54 Å². The van der Waals surface area contributed by atoms with Crippen LogP contribution in [0.3, 0.4) is 0 Å². The van der Waals surface area contributed by atoms with E-state index in [0.29, 0.717) is 38.8 Å². The molecule has 3 heterocycles. The average molecular weight is 606 g/mol. The fraction of sp³-hybridized carbons (Fsp3) is 0.306. The third-order valence-corrected chi connectivity index (χ3v) is 8.64. The summed E-state index contributed by atoms with van der Waals surface area (Å²) in [5.41, 5.74) is 12.2. The smallest absolute Gasteiger partial charge is 0.329 e. The lowest BCUT2D eigenvalue weighted by Gasteiger charge is -2.34. The monoisotopic (exact) mass is 605 g/mol. The second-order valence-electron chi connectivity index (χ2n) is 11.7. The van der Waals surface area contributed by atoms with Crippen molar-refractivity contribution < 1.29 is 19.1 Å². The molecule has 2 aromatic heterocycles. The largest absolute Gasteiger partial charge is 0.459 e. The molecule has 1 aliphatic heterocycles. The Hall–Kier alpha value is -4.89. The fourth-order valence-electron chi connectivity index (χ4n) is 6.20. The number of ether oxygens (including phenoxy) is 1. The molecule has 2 amide bonds. The van der Waals surface area contributed by atoms with Gasteiger partial charge in [0.25, 0.3) is 0 Å². The van der Waals surface area contributed by atoms with Crippen molar-refractivity contribution in [3.05, 3.63) is 107 Å². The lowest BCUT2D eigenvalue weighted by atomic mass is 9.96. The van der Waals surface area contributed by atoms with Crippen molar-refractivity contribution in [1.82, 2.24) is 20.2 Å². The zero-order valence-corrected chi connectivity index (χ0v) is 25.3. The molecule has 0 spiro atoms. The molecule has 45 heavy (non-hydrogen) atoms. The van der Waals surface area contributed by atoms with E-state index in [-0.39, 0.29) is 18.4 Å². The van der Waals surface area contributed by atoms with E-state index in [2.05, 4.69) is 15.3 Å². The summed E-state index contributed by atoms with van der Waals surface area (Å²) in [5, 5.41) is 5.08. The molecule has 232 valence electrons. The van der Waals surface area contributed by atoms with Gasteiger partial charge in [-0.1, -0.05) is 73.2 Å². The van der Waals surface area contributed by atoms with Crippen LogP contribution in [0.5, 0.6) is 0 Å². The number of carbonyl (C=O) groups excluding carboxylic acids is 3. The molecular formula is C36H39N5O4. The molecule has 6 rings (SSSR count). The first kappa shape index (κ1) is 30.1. The third-order valence-electron chi connectivity index (χ3n) is 8.64. The van der Waals surface area contributed by atoms with Crippen LogP contribution in [0, 0.1) is 0 Å². The zero-order chi connectivity index (χ0) is 31.2. The summed E-state index contributed by atoms with van der Waals surface area (Å²) in [6, 6.07) is 24.2. The molecular weight excluding hydrogens is 566 g/mol. The van der Waals surface area contributed by atoms with E-state index in [1.54, 1.807) is 4.90 Å². The van der Waals surface area contributed by atoms with Crippen molar-refractivity contribution in [3.8, 4) is 0 Å². The van der Waals surface area contributed by atoms with E-state index in [0.717, 1.165) is 57.0 Å². The van der Waals surface area contributed by atoms with Crippen molar-refractivity contribution in [2.24, 2.45) is 5.73 Å². The minimum Gasteiger partial charge on any atom is -0.459 e. The lowest BCUT2D eigenvalue weighted by molar-refractivity contribution is -0.157. The van der Waals surface area contributed by atoms with Crippen LogP contribution in [0.15, 0.2) is 85.1 Å². The Morgan fingerprint density at radius 2 is 1.64 bits per heavy atom. The van der Waals surface area contributed by atoms with Gasteiger partial charge in [0, 0.05) is 53.1 Å². The highest BCUT2D eigenvalue weighted by molar-refractivity contribution is 5.90. The number of nitrogens with one attached hydrogen (secondary N) is 3. The number of amides is 2. The molecule has 0 fully saturated rings. The van der Waals surface area contributed by atoms with Crippen molar-refractivity contribution in [1.29, 1.82) is 0 Å². The van der Waals surface area contributed by atoms with Crippen LogP contribution in [0.2, 0.25) is 0 Å². The molecule has 1 aliphatic rings. The van der Waals surface area contributed by atoms with Gasteiger partial charge >= 0.3 is 5.97 Å². The van der Waals surface area contributed by atoms with E-state index in [1.165, 1.54) is 0 Å². The van der Waals surface area contributed by atoms with Crippen LogP contribution in [0.4, 0.5) is 0 Å². The number of aromatic amines is 2.